The predicted molar refractivity (Wildman–Crippen MR) is 166 cm³/mol. The van der Waals surface area contributed by atoms with Gasteiger partial charge in [0.1, 0.15) is 12.1 Å². The van der Waals surface area contributed by atoms with E-state index >= 15 is 0 Å². The average Bonchev–Trinajstić information content (AvgIpc) is 3.60. The molecule has 0 spiro atoms. The number of methoxy groups -OCH3 is 1. The molecule has 0 unspecified atom stereocenters. The van der Waals surface area contributed by atoms with Gasteiger partial charge in [0.2, 0.25) is 0 Å². The highest BCUT2D eigenvalue weighted by Crippen LogP contribution is 2.45. The molecule has 220 valence electrons. The molecule has 0 radical (unpaired) electrons. The van der Waals surface area contributed by atoms with E-state index in [1.54, 1.807) is 60.7 Å². The fourth-order valence-electron chi connectivity index (χ4n) is 5.63. The number of esters is 1. The average molecular weight is 607 g/mol. The molecule has 2 heterocycles. The van der Waals surface area contributed by atoms with Crippen molar-refractivity contribution in [2.75, 3.05) is 7.11 Å². The summed E-state index contributed by atoms with van der Waals surface area (Å²) >= 11 is 0. The van der Waals surface area contributed by atoms with Gasteiger partial charge in [-0.05, 0) is 66.2 Å². The maximum absolute atomic E-state index is 14.1. The fraction of sp³-hybridized carbons (Fsp3) is 0.147. The predicted octanol–water partition coefficient (Wildman–Crippen LogP) is 7.00. The Hall–Kier alpha value is -5.27. The van der Waals surface area contributed by atoms with Crippen LogP contribution < -0.4 is 0 Å². The smallest absolute Gasteiger partial charge is 0.337 e. The van der Waals surface area contributed by atoms with E-state index in [0.717, 1.165) is 20.8 Å². The number of hydrogen-bond donors (Lipinski definition) is 0. The van der Waals surface area contributed by atoms with Crippen molar-refractivity contribution in [2.45, 2.75) is 30.6 Å². The van der Waals surface area contributed by atoms with Crippen LogP contribution in [0.15, 0.2) is 102 Å². The first-order chi connectivity index (χ1) is 21.1. The van der Waals surface area contributed by atoms with E-state index in [2.05, 4.69) is 11.1 Å². The van der Waals surface area contributed by atoms with Gasteiger partial charge in [0.15, 0.2) is 0 Å². The largest absolute Gasteiger partial charge is 0.465 e. The summed E-state index contributed by atoms with van der Waals surface area (Å²) in [5, 5.41) is 10.5. The van der Waals surface area contributed by atoms with Gasteiger partial charge in [0, 0.05) is 34.2 Å². The Labute approximate surface area is 253 Å². The molecule has 0 bridgehead atoms. The molecule has 6 aromatic rings. The van der Waals surface area contributed by atoms with Crippen molar-refractivity contribution in [1.82, 2.24) is 13.5 Å². The summed E-state index contributed by atoms with van der Waals surface area (Å²) in [5.41, 5.74) is 4.05. The molecule has 0 aliphatic heterocycles. The molecule has 0 aliphatic rings. The maximum atomic E-state index is 14.1. The molecule has 0 aliphatic carbocycles. The molecular formula is C34H27FN4O4S. The van der Waals surface area contributed by atoms with Crippen LogP contribution in [-0.2, 0) is 20.2 Å². The Morgan fingerprint density at radius 1 is 0.977 bits per heavy atom. The number of hydrogen-bond acceptors (Lipinski definition) is 6. The first-order valence-electron chi connectivity index (χ1n) is 13.7. The third-order valence-electron chi connectivity index (χ3n) is 7.74. The van der Waals surface area contributed by atoms with Crippen molar-refractivity contribution < 1.29 is 22.3 Å². The monoisotopic (exact) mass is 606 g/mol. The fourth-order valence-corrected chi connectivity index (χ4v) is 6.93. The van der Waals surface area contributed by atoms with Gasteiger partial charge in [-0.2, -0.15) is 5.26 Å². The van der Waals surface area contributed by atoms with Crippen molar-refractivity contribution in [3.05, 3.63) is 114 Å². The third-order valence-corrected chi connectivity index (χ3v) is 9.42. The van der Waals surface area contributed by atoms with Crippen molar-refractivity contribution in [1.29, 1.82) is 5.26 Å². The molecule has 0 saturated carbocycles. The number of ether oxygens (including phenoxy) is 1. The van der Waals surface area contributed by atoms with E-state index in [4.69, 9.17) is 4.74 Å². The summed E-state index contributed by atoms with van der Waals surface area (Å²) in [6.45, 7) is 3.91. The molecule has 44 heavy (non-hydrogen) atoms. The number of carbonyl (C=O) groups excluding carboxylic acids is 1. The van der Waals surface area contributed by atoms with E-state index in [1.807, 2.05) is 24.5 Å². The van der Waals surface area contributed by atoms with Gasteiger partial charge >= 0.3 is 5.97 Å². The second-order valence-electron chi connectivity index (χ2n) is 11.0. The Kier molecular flexibility index (Phi) is 7.06. The number of rotatable bonds is 7. The van der Waals surface area contributed by atoms with Crippen molar-refractivity contribution in [3.63, 3.8) is 0 Å². The first kappa shape index (κ1) is 28.8. The van der Waals surface area contributed by atoms with Gasteiger partial charge in [-0.25, -0.2) is 26.6 Å². The quantitative estimate of drug-likeness (QED) is 0.181. The topological polar surface area (TPSA) is 107 Å². The third kappa shape index (κ3) is 4.71. The zero-order valence-corrected chi connectivity index (χ0v) is 25.0. The van der Waals surface area contributed by atoms with E-state index in [-0.39, 0.29) is 11.3 Å². The molecule has 4 aromatic carbocycles. The summed E-state index contributed by atoms with van der Waals surface area (Å²) in [7, 11) is -2.66. The minimum atomic E-state index is -3.97. The zero-order chi connectivity index (χ0) is 31.2. The van der Waals surface area contributed by atoms with Crippen molar-refractivity contribution in [3.8, 4) is 22.9 Å². The van der Waals surface area contributed by atoms with Gasteiger partial charge < -0.3 is 9.30 Å². The van der Waals surface area contributed by atoms with Gasteiger partial charge in [0.25, 0.3) is 10.0 Å². The van der Waals surface area contributed by atoms with Crippen LogP contribution in [0.5, 0.6) is 0 Å². The van der Waals surface area contributed by atoms with Crippen LogP contribution in [0.2, 0.25) is 0 Å². The van der Waals surface area contributed by atoms with Crippen LogP contribution in [0, 0.1) is 17.1 Å². The lowest BCUT2D eigenvalue weighted by Crippen LogP contribution is -2.21. The van der Waals surface area contributed by atoms with Gasteiger partial charge in [-0.1, -0.05) is 44.2 Å². The van der Waals surface area contributed by atoms with Crippen molar-refractivity contribution in [2.24, 2.45) is 0 Å². The number of carbonyl (C=O) groups is 1. The minimum Gasteiger partial charge on any atom is -0.465 e. The highest BCUT2D eigenvalue weighted by Gasteiger charge is 2.33. The first-order valence-corrected chi connectivity index (χ1v) is 15.2. The lowest BCUT2D eigenvalue weighted by atomic mass is 9.81. The lowest BCUT2D eigenvalue weighted by Gasteiger charge is -2.26. The van der Waals surface area contributed by atoms with Crippen LogP contribution in [0.1, 0.15) is 36.3 Å². The minimum absolute atomic E-state index is 0.123. The molecule has 0 fully saturated rings. The molecule has 0 saturated heterocycles. The summed E-state index contributed by atoms with van der Waals surface area (Å²) in [6.07, 6.45) is 1.45. The highest BCUT2D eigenvalue weighted by molar-refractivity contribution is 7.90. The SMILES string of the molecule is COC(=O)c1ccc(-c2c(C(C)(C)CC#N)n(-c3ccc(F)cc3)c3cc4ncn(S(=O)(=O)c5ccccc5)c4cc23)cc1. The second-order valence-corrected chi connectivity index (χ2v) is 12.9. The number of halogens is 1. The summed E-state index contributed by atoms with van der Waals surface area (Å²) in [4.78, 5) is 16.8. The molecule has 0 amide bonds. The van der Waals surface area contributed by atoms with Gasteiger partial charge in [-0.3, -0.25) is 0 Å². The molecule has 8 nitrogen and oxygen atoms in total. The number of nitrogens with zero attached hydrogens (tertiary/aromatic N) is 4. The molecule has 10 heteroatoms. The Morgan fingerprint density at radius 2 is 1.66 bits per heavy atom. The zero-order valence-electron chi connectivity index (χ0n) is 24.2. The van der Waals surface area contributed by atoms with Crippen molar-refractivity contribution >= 4 is 37.9 Å². The van der Waals surface area contributed by atoms with Gasteiger partial charge in [0.05, 0.1) is 40.2 Å². The standard InChI is InChI=1S/C34H27FN4O4S/c1-34(2,17-18-36)32-31(22-9-11-23(12-10-22)33(40)43-3)27-19-30-28(20-29(27)39(32)25-15-13-24(35)14-16-25)37-21-38(30)44(41,42)26-7-5-4-6-8-26/h4-16,19-21H,17H2,1-3H3. The lowest BCUT2D eigenvalue weighted by molar-refractivity contribution is 0.0600. The molecular weight excluding hydrogens is 579 g/mol. The number of benzene rings is 4. The number of fused-ring (bicyclic) bond motifs is 2. The van der Waals surface area contributed by atoms with Gasteiger partial charge in [-0.15, -0.1) is 0 Å². The maximum Gasteiger partial charge on any atom is 0.337 e. The second kappa shape index (κ2) is 10.8. The van der Waals surface area contributed by atoms with Crippen LogP contribution in [-0.4, -0.2) is 35.0 Å². The Balaban J connectivity index is 1.74. The molecule has 6 rings (SSSR count). The normalized spacial score (nSPS) is 12.0. The number of imidazole rings is 1. The molecule has 2 aromatic heterocycles. The summed E-state index contributed by atoms with van der Waals surface area (Å²) < 4.78 is 49.5. The van der Waals surface area contributed by atoms with Crippen LogP contribution >= 0.6 is 0 Å². The number of nitriles is 1. The van der Waals surface area contributed by atoms with E-state index in [9.17, 15) is 22.9 Å². The summed E-state index contributed by atoms with van der Waals surface area (Å²) in [5.74, 6) is -0.874. The summed E-state index contributed by atoms with van der Waals surface area (Å²) in [6, 6.07) is 27.0. The van der Waals surface area contributed by atoms with E-state index in [0.29, 0.717) is 33.2 Å². The molecule has 0 N–H and O–H groups in total. The number of aromatic nitrogens is 3. The highest BCUT2D eigenvalue weighted by atomic mass is 32.2. The van der Waals surface area contributed by atoms with Crippen LogP contribution in [0.4, 0.5) is 4.39 Å². The van der Waals surface area contributed by atoms with Crippen LogP contribution in [0.3, 0.4) is 0 Å². The van der Waals surface area contributed by atoms with Crippen LogP contribution in [0.25, 0.3) is 38.8 Å². The Bertz CT molecular complexity index is 2190. The Morgan fingerprint density at radius 3 is 2.30 bits per heavy atom. The van der Waals surface area contributed by atoms with E-state index in [1.165, 1.54) is 37.7 Å². The molecule has 0 atom stereocenters. The van der Waals surface area contributed by atoms with E-state index < -0.39 is 27.2 Å².